The number of aromatic amines is 1. The van der Waals surface area contributed by atoms with Gasteiger partial charge < -0.3 is 4.98 Å². The highest BCUT2D eigenvalue weighted by molar-refractivity contribution is 7.71. The van der Waals surface area contributed by atoms with Crippen molar-refractivity contribution in [2.75, 3.05) is 0 Å². The van der Waals surface area contributed by atoms with E-state index in [0.29, 0.717) is 4.64 Å². The summed E-state index contributed by atoms with van der Waals surface area (Å²) in [7, 11) is 0. The van der Waals surface area contributed by atoms with Gasteiger partial charge in [0.25, 0.3) is 0 Å². The van der Waals surface area contributed by atoms with Crippen LogP contribution in [0.25, 0.3) is 22.2 Å². The smallest absolute Gasteiger partial charge is 0.133 e. The Hall–Kier alpha value is -2.07. The minimum absolute atomic E-state index is 0.669. The summed E-state index contributed by atoms with van der Waals surface area (Å²) in [6.45, 7) is 2.09. The molecule has 0 saturated carbocycles. The normalized spacial score (nSPS) is 10.8. The Morgan fingerprint density at radius 2 is 2.11 bits per heavy atom. The number of nitrogens with zero attached hydrogens (tertiary/aromatic N) is 2. The molecule has 0 unspecified atom stereocenters. The Bertz CT molecular complexity index is 792. The monoisotopic (exact) mass is 267 g/mol. The van der Waals surface area contributed by atoms with Crippen LogP contribution in [0.5, 0.6) is 0 Å². The molecule has 0 amide bonds. The van der Waals surface area contributed by atoms with Crippen molar-refractivity contribution >= 4 is 23.1 Å². The fraction of sp³-hybridized carbons (Fsp3) is 0.133. The molecule has 3 rings (SSSR count). The lowest BCUT2D eigenvalue weighted by Crippen LogP contribution is -1.95. The van der Waals surface area contributed by atoms with E-state index in [0.717, 1.165) is 34.1 Å². The zero-order valence-corrected chi connectivity index (χ0v) is 11.4. The first-order chi connectivity index (χ1) is 9.29. The van der Waals surface area contributed by atoms with Gasteiger partial charge in [-0.1, -0.05) is 31.3 Å². The van der Waals surface area contributed by atoms with Crippen LogP contribution in [0.15, 0.2) is 42.9 Å². The molecule has 3 nitrogen and oxygen atoms in total. The van der Waals surface area contributed by atoms with Crippen LogP contribution < -0.4 is 0 Å². The molecule has 4 heteroatoms. The number of hydrogen-bond acceptors (Lipinski definition) is 3. The molecule has 0 aliphatic heterocycles. The fourth-order valence-electron chi connectivity index (χ4n) is 2.24. The zero-order chi connectivity index (χ0) is 13.2. The summed E-state index contributed by atoms with van der Waals surface area (Å²) >= 11 is 5.29. The van der Waals surface area contributed by atoms with E-state index in [1.807, 2.05) is 12.1 Å². The van der Waals surface area contributed by atoms with Crippen molar-refractivity contribution in [3.8, 4) is 11.3 Å². The average Bonchev–Trinajstić information content (AvgIpc) is 2.46. The van der Waals surface area contributed by atoms with Crippen molar-refractivity contribution in [3.63, 3.8) is 0 Å². The SMILES string of the molecule is CCc1c(-c2ccc3ncccc3c2)[nH]cnc1=S. The lowest BCUT2D eigenvalue weighted by molar-refractivity contribution is 1.04. The van der Waals surface area contributed by atoms with Gasteiger partial charge in [0.05, 0.1) is 17.5 Å². The molecule has 0 atom stereocenters. The number of pyridine rings is 1. The maximum atomic E-state index is 5.29. The second-order valence-corrected chi connectivity index (χ2v) is 4.71. The van der Waals surface area contributed by atoms with Gasteiger partial charge in [-0.3, -0.25) is 4.98 Å². The predicted octanol–water partition coefficient (Wildman–Crippen LogP) is 3.92. The van der Waals surface area contributed by atoms with E-state index in [-0.39, 0.29) is 0 Å². The summed E-state index contributed by atoms with van der Waals surface area (Å²) in [6, 6.07) is 10.2. The van der Waals surface area contributed by atoms with Gasteiger partial charge in [0, 0.05) is 17.1 Å². The number of benzene rings is 1. The largest absolute Gasteiger partial charge is 0.346 e. The molecule has 1 aromatic carbocycles. The molecule has 3 aromatic rings. The molecular weight excluding hydrogens is 254 g/mol. The lowest BCUT2D eigenvalue weighted by Gasteiger charge is -2.08. The second-order valence-electron chi connectivity index (χ2n) is 4.33. The third-order valence-corrected chi connectivity index (χ3v) is 3.55. The molecule has 2 aromatic heterocycles. The highest BCUT2D eigenvalue weighted by atomic mass is 32.1. The van der Waals surface area contributed by atoms with Crippen molar-refractivity contribution in [2.45, 2.75) is 13.3 Å². The maximum absolute atomic E-state index is 5.29. The van der Waals surface area contributed by atoms with Crippen LogP contribution in [0.1, 0.15) is 12.5 Å². The van der Waals surface area contributed by atoms with E-state index in [1.54, 1.807) is 12.5 Å². The van der Waals surface area contributed by atoms with Gasteiger partial charge in [-0.25, -0.2) is 4.98 Å². The van der Waals surface area contributed by atoms with Crippen molar-refractivity contribution in [1.29, 1.82) is 0 Å². The summed E-state index contributed by atoms with van der Waals surface area (Å²) < 4.78 is 0.669. The molecule has 0 spiro atoms. The molecule has 0 aliphatic carbocycles. The number of fused-ring (bicyclic) bond motifs is 1. The standard InChI is InChI=1S/C15H13N3S/c1-2-12-14(17-9-18-15(12)19)11-5-6-13-10(8-11)4-3-7-16-13/h3-9H,2H2,1H3,(H,17,18,19). The summed E-state index contributed by atoms with van der Waals surface area (Å²) in [4.78, 5) is 11.7. The first-order valence-electron chi connectivity index (χ1n) is 6.21. The van der Waals surface area contributed by atoms with E-state index in [1.165, 1.54) is 0 Å². The van der Waals surface area contributed by atoms with Crippen molar-refractivity contribution in [3.05, 3.63) is 53.1 Å². The average molecular weight is 267 g/mol. The molecule has 0 radical (unpaired) electrons. The fourth-order valence-corrected chi connectivity index (χ4v) is 2.54. The predicted molar refractivity (Wildman–Crippen MR) is 79.5 cm³/mol. The third-order valence-electron chi connectivity index (χ3n) is 3.20. The van der Waals surface area contributed by atoms with Crippen LogP contribution >= 0.6 is 12.2 Å². The maximum Gasteiger partial charge on any atom is 0.133 e. The molecule has 1 N–H and O–H groups in total. The molecule has 0 aliphatic rings. The van der Waals surface area contributed by atoms with E-state index in [4.69, 9.17) is 12.2 Å². The van der Waals surface area contributed by atoms with Gasteiger partial charge >= 0.3 is 0 Å². The topological polar surface area (TPSA) is 41.6 Å². The summed E-state index contributed by atoms with van der Waals surface area (Å²) in [5.41, 5.74) is 4.25. The van der Waals surface area contributed by atoms with Crippen LogP contribution in [-0.2, 0) is 6.42 Å². The van der Waals surface area contributed by atoms with E-state index < -0.39 is 0 Å². The van der Waals surface area contributed by atoms with Crippen molar-refractivity contribution in [2.24, 2.45) is 0 Å². The van der Waals surface area contributed by atoms with Crippen LogP contribution in [-0.4, -0.2) is 15.0 Å². The molecule has 0 saturated heterocycles. The molecule has 94 valence electrons. The third kappa shape index (κ3) is 2.15. The second kappa shape index (κ2) is 4.90. The Balaban J connectivity index is 2.25. The van der Waals surface area contributed by atoms with Crippen LogP contribution in [0.3, 0.4) is 0 Å². The number of aromatic nitrogens is 3. The van der Waals surface area contributed by atoms with Gasteiger partial charge in [-0.15, -0.1) is 0 Å². The number of hydrogen-bond donors (Lipinski definition) is 1. The van der Waals surface area contributed by atoms with E-state index in [9.17, 15) is 0 Å². The van der Waals surface area contributed by atoms with E-state index >= 15 is 0 Å². The molecule has 0 bridgehead atoms. The van der Waals surface area contributed by atoms with Gasteiger partial charge in [-0.2, -0.15) is 0 Å². The molecule has 0 fully saturated rings. The van der Waals surface area contributed by atoms with Crippen molar-refractivity contribution in [1.82, 2.24) is 15.0 Å². The molecular formula is C15H13N3S. The number of nitrogens with one attached hydrogen (secondary N) is 1. The number of H-pyrrole nitrogens is 1. The quantitative estimate of drug-likeness (QED) is 0.716. The highest BCUT2D eigenvalue weighted by Gasteiger charge is 2.07. The summed E-state index contributed by atoms with van der Waals surface area (Å²) in [6.07, 6.45) is 4.33. The Kier molecular flexibility index (Phi) is 3.09. The molecule has 19 heavy (non-hydrogen) atoms. The Morgan fingerprint density at radius 3 is 2.95 bits per heavy atom. The Labute approximate surface area is 116 Å². The van der Waals surface area contributed by atoms with E-state index in [2.05, 4.69) is 40.1 Å². The van der Waals surface area contributed by atoms with Crippen molar-refractivity contribution < 1.29 is 0 Å². The van der Waals surface area contributed by atoms with Gasteiger partial charge in [-0.05, 0) is 30.2 Å². The lowest BCUT2D eigenvalue weighted by atomic mass is 10.0. The zero-order valence-electron chi connectivity index (χ0n) is 10.6. The van der Waals surface area contributed by atoms with Crippen LogP contribution in [0.4, 0.5) is 0 Å². The summed E-state index contributed by atoms with van der Waals surface area (Å²) in [5, 5.41) is 1.12. The minimum atomic E-state index is 0.669. The highest BCUT2D eigenvalue weighted by Crippen LogP contribution is 2.25. The first kappa shape index (κ1) is 12.0. The van der Waals surface area contributed by atoms with Gasteiger partial charge in [0.1, 0.15) is 4.64 Å². The first-order valence-corrected chi connectivity index (χ1v) is 6.62. The minimum Gasteiger partial charge on any atom is -0.346 e. The van der Waals surface area contributed by atoms with Crippen LogP contribution in [0, 0.1) is 4.64 Å². The van der Waals surface area contributed by atoms with Gasteiger partial charge in [0.2, 0.25) is 0 Å². The Morgan fingerprint density at radius 1 is 1.21 bits per heavy atom. The summed E-state index contributed by atoms with van der Waals surface area (Å²) in [5.74, 6) is 0. The number of rotatable bonds is 2. The van der Waals surface area contributed by atoms with Gasteiger partial charge in [0.15, 0.2) is 0 Å². The molecule has 2 heterocycles. The van der Waals surface area contributed by atoms with Crippen LogP contribution in [0.2, 0.25) is 0 Å².